The summed E-state index contributed by atoms with van der Waals surface area (Å²) in [5, 5.41) is 0. The molecule has 0 unspecified atom stereocenters. The summed E-state index contributed by atoms with van der Waals surface area (Å²) >= 11 is 0. The van der Waals surface area contributed by atoms with Crippen molar-refractivity contribution in [3.8, 4) is 0 Å². The van der Waals surface area contributed by atoms with Crippen LogP contribution in [0.25, 0.3) is 0 Å². The second-order valence-corrected chi connectivity index (χ2v) is 6.59. The van der Waals surface area contributed by atoms with E-state index in [-0.39, 0.29) is 6.54 Å². The molecule has 108 valence electrons. The van der Waals surface area contributed by atoms with Gasteiger partial charge in [-0.3, -0.25) is 0 Å². The van der Waals surface area contributed by atoms with Gasteiger partial charge in [-0.15, -0.1) is 0 Å². The van der Waals surface area contributed by atoms with Crippen molar-refractivity contribution in [3.05, 3.63) is 29.6 Å². The molecule has 8 heteroatoms. The van der Waals surface area contributed by atoms with Crippen molar-refractivity contribution in [2.24, 2.45) is 5.73 Å². The Bertz CT molecular complexity index is 565. The van der Waals surface area contributed by atoms with Gasteiger partial charge in [-0.1, -0.05) is 0 Å². The molecule has 0 saturated heterocycles. The van der Waals surface area contributed by atoms with Crippen molar-refractivity contribution in [2.75, 3.05) is 13.6 Å². The van der Waals surface area contributed by atoms with E-state index in [2.05, 4.69) is 0 Å². The lowest BCUT2D eigenvalue weighted by atomic mass is 10.1. The molecule has 0 spiro atoms. The summed E-state index contributed by atoms with van der Waals surface area (Å²) in [5.41, 5.74) is 4.39. The first-order chi connectivity index (χ1) is 8.54. The average molecular weight is 296 g/mol. The maximum atomic E-state index is 13.5. The standard InChI is InChI=1S/C11H15F3N2O2S/c1-11(2,6-15)16(3)19(17,18)10-8(13)4-7(12)5-9(10)14/h4-5H,6,15H2,1-3H3. The maximum absolute atomic E-state index is 13.5. The van der Waals surface area contributed by atoms with E-state index in [1.54, 1.807) is 0 Å². The van der Waals surface area contributed by atoms with Crippen LogP contribution in [0.15, 0.2) is 17.0 Å². The first kappa shape index (κ1) is 15.9. The zero-order valence-electron chi connectivity index (χ0n) is 10.7. The molecule has 4 nitrogen and oxygen atoms in total. The van der Waals surface area contributed by atoms with E-state index in [4.69, 9.17) is 5.73 Å². The molecule has 0 atom stereocenters. The lowest BCUT2D eigenvalue weighted by molar-refractivity contribution is 0.272. The van der Waals surface area contributed by atoms with Crippen LogP contribution < -0.4 is 5.73 Å². The molecule has 0 radical (unpaired) electrons. The summed E-state index contributed by atoms with van der Waals surface area (Å²) in [6.45, 7) is 2.96. The molecule has 0 aliphatic heterocycles. The van der Waals surface area contributed by atoms with Gasteiger partial charge in [-0.2, -0.15) is 4.31 Å². The number of likely N-dealkylation sites (N-methyl/N-ethyl adjacent to an activating group) is 1. The fourth-order valence-electron chi connectivity index (χ4n) is 1.37. The predicted octanol–water partition coefficient (Wildman–Crippen LogP) is 1.46. The molecule has 0 amide bonds. The van der Waals surface area contributed by atoms with Gasteiger partial charge < -0.3 is 5.73 Å². The second kappa shape index (κ2) is 5.10. The molecule has 1 aromatic rings. The number of sulfonamides is 1. The van der Waals surface area contributed by atoms with Crippen LogP contribution in [-0.4, -0.2) is 31.9 Å². The van der Waals surface area contributed by atoms with Crippen molar-refractivity contribution in [1.29, 1.82) is 0 Å². The predicted molar refractivity (Wildman–Crippen MR) is 64.4 cm³/mol. The van der Waals surface area contributed by atoms with Crippen LogP contribution in [0.5, 0.6) is 0 Å². The normalized spacial score (nSPS) is 13.1. The Morgan fingerprint density at radius 1 is 1.21 bits per heavy atom. The molecule has 0 fully saturated rings. The largest absolute Gasteiger partial charge is 0.329 e. The van der Waals surface area contributed by atoms with Gasteiger partial charge in [0.15, 0.2) is 4.90 Å². The van der Waals surface area contributed by atoms with E-state index in [0.717, 1.165) is 11.4 Å². The van der Waals surface area contributed by atoms with Crippen molar-refractivity contribution in [3.63, 3.8) is 0 Å². The molecule has 0 aromatic heterocycles. The Hall–Kier alpha value is -1.12. The monoisotopic (exact) mass is 296 g/mol. The lowest BCUT2D eigenvalue weighted by Crippen LogP contribution is -2.50. The van der Waals surface area contributed by atoms with Crippen molar-refractivity contribution >= 4 is 10.0 Å². The summed E-state index contributed by atoms with van der Waals surface area (Å²) in [5.74, 6) is -4.14. The van der Waals surface area contributed by atoms with E-state index in [0.29, 0.717) is 12.1 Å². The van der Waals surface area contributed by atoms with Crippen molar-refractivity contribution in [2.45, 2.75) is 24.3 Å². The summed E-state index contributed by atoms with van der Waals surface area (Å²) < 4.78 is 65.0. The number of halogens is 3. The number of nitrogens with two attached hydrogens (primary N) is 1. The van der Waals surface area contributed by atoms with Crippen LogP contribution in [0.1, 0.15) is 13.8 Å². The van der Waals surface area contributed by atoms with E-state index in [1.807, 2.05) is 0 Å². The fraction of sp³-hybridized carbons (Fsp3) is 0.455. The SMILES string of the molecule is CN(C(C)(C)CN)S(=O)(=O)c1c(F)cc(F)cc1F. The van der Waals surface area contributed by atoms with Crippen LogP contribution >= 0.6 is 0 Å². The quantitative estimate of drug-likeness (QED) is 0.915. The Morgan fingerprint density at radius 2 is 1.63 bits per heavy atom. The van der Waals surface area contributed by atoms with Gasteiger partial charge in [0.1, 0.15) is 17.5 Å². The van der Waals surface area contributed by atoms with Gasteiger partial charge in [0.25, 0.3) is 0 Å². The zero-order chi connectivity index (χ0) is 15.0. The molecular formula is C11H15F3N2O2S. The number of benzene rings is 1. The fourth-order valence-corrected chi connectivity index (χ4v) is 2.98. The van der Waals surface area contributed by atoms with Gasteiger partial charge in [-0.25, -0.2) is 21.6 Å². The first-order valence-corrected chi connectivity index (χ1v) is 6.81. The highest BCUT2D eigenvalue weighted by Gasteiger charge is 2.36. The Labute approximate surface area is 110 Å². The Kier molecular flexibility index (Phi) is 4.28. The smallest absolute Gasteiger partial charge is 0.249 e. The third-order valence-electron chi connectivity index (χ3n) is 2.93. The molecule has 1 aromatic carbocycles. The summed E-state index contributed by atoms with van der Waals surface area (Å²) in [6.07, 6.45) is 0. The third kappa shape index (κ3) is 2.90. The van der Waals surface area contributed by atoms with E-state index < -0.39 is 37.9 Å². The number of hydrogen-bond donors (Lipinski definition) is 1. The molecule has 0 aliphatic carbocycles. The number of hydrogen-bond acceptors (Lipinski definition) is 3. The molecule has 1 rings (SSSR count). The minimum Gasteiger partial charge on any atom is -0.329 e. The minimum absolute atomic E-state index is 0.0484. The van der Waals surface area contributed by atoms with E-state index in [9.17, 15) is 21.6 Å². The highest BCUT2D eigenvalue weighted by atomic mass is 32.2. The first-order valence-electron chi connectivity index (χ1n) is 5.37. The summed E-state index contributed by atoms with van der Waals surface area (Å²) in [7, 11) is -3.29. The Morgan fingerprint density at radius 3 is 2.00 bits per heavy atom. The molecule has 0 heterocycles. The number of nitrogens with zero attached hydrogens (tertiary/aromatic N) is 1. The molecule has 19 heavy (non-hydrogen) atoms. The Balaban J connectivity index is 3.45. The minimum atomic E-state index is -4.45. The van der Waals surface area contributed by atoms with Crippen molar-refractivity contribution < 1.29 is 21.6 Å². The maximum Gasteiger partial charge on any atom is 0.249 e. The highest BCUT2D eigenvalue weighted by molar-refractivity contribution is 7.89. The zero-order valence-corrected chi connectivity index (χ0v) is 11.6. The molecular weight excluding hydrogens is 281 g/mol. The van der Waals surface area contributed by atoms with Gasteiger partial charge in [0.2, 0.25) is 10.0 Å². The summed E-state index contributed by atoms with van der Waals surface area (Å²) in [4.78, 5) is -1.18. The van der Waals surface area contributed by atoms with Crippen LogP contribution in [0.4, 0.5) is 13.2 Å². The van der Waals surface area contributed by atoms with E-state index in [1.165, 1.54) is 13.8 Å². The average Bonchev–Trinajstić information content (AvgIpc) is 2.26. The summed E-state index contributed by atoms with van der Waals surface area (Å²) in [6, 6.07) is 0.637. The van der Waals surface area contributed by atoms with Crippen LogP contribution in [0, 0.1) is 17.5 Å². The van der Waals surface area contributed by atoms with Crippen molar-refractivity contribution in [1.82, 2.24) is 4.31 Å². The van der Waals surface area contributed by atoms with Gasteiger partial charge in [-0.05, 0) is 13.8 Å². The van der Waals surface area contributed by atoms with E-state index >= 15 is 0 Å². The molecule has 0 bridgehead atoms. The van der Waals surface area contributed by atoms with Crippen LogP contribution in [-0.2, 0) is 10.0 Å². The number of rotatable bonds is 4. The molecule has 0 aliphatic rings. The van der Waals surface area contributed by atoms with Crippen LogP contribution in [0.2, 0.25) is 0 Å². The highest BCUT2D eigenvalue weighted by Crippen LogP contribution is 2.27. The second-order valence-electron chi connectivity index (χ2n) is 4.69. The molecule has 0 saturated carbocycles. The topological polar surface area (TPSA) is 63.4 Å². The van der Waals surface area contributed by atoms with Gasteiger partial charge in [0.05, 0.1) is 0 Å². The van der Waals surface area contributed by atoms with Gasteiger partial charge in [0, 0.05) is 31.3 Å². The third-order valence-corrected chi connectivity index (χ3v) is 5.05. The van der Waals surface area contributed by atoms with Gasteiger partial charge >= 0.3 is 0 Å². The van der Waals surface area contributed by atoms with Crippen LogP contribution in [0.3, 0.4) is 0 Å². The lowest BCUT2D eigenvalue weighted by Gasteiger charge is -2.33. The molecule has 2 N–H and O–H groups in total.